The van der Waals surface area contributed by atoms with Crippen molar-refractivity contribution in [1.29, 1.82) is 0 Å². The lowest BCUT2D eigenvalue weighted by atomic mass is 10.1. The van der Waals surface area contributed by atoms with Crippen molar-refractivity contribution in [3.63, 3.8) is 0 Å². The summed E-state index contributed by atoms with van der Waals surface area (Å²) in [6, 6.07) is 11.6. The Kier molecular flexibility index (Phi) is 4.54. The van der Waals surface area contributed by atoms with E-state index in [0.29, 0.717) is 21.5 Å². The maximum absolute atomic E-state index is 12.4. The van der Waals surface area contributed by atoms with Gasteiger partial charge >= 0.3 is 0 Å². The highest BCUT2D eigenvalue weighted by Gasteiger charge is 2.14. The van der Waals surface area contributed by atoms with E-state index in [9.17, 15) is 14.4 Å². The minimum absolute atomic E-state index is 0.126. The first kappa shape index (κ1) is 16.7. The van der Waals surface area contributed by atoms with Gasteiger partial charge in [-0.25, -0.2) is 0 Å². The molecule has 1 aromatic heterocycles. The van der Waals surface area contributed by atoms with E-state index < -0.39 is 17.2 Å². The Labute approximate surface area is 147 Å². The molecule has 0 spiro atoms. The first-order valence-electron chi connectivity index (χ1n) is 7.44. The molecule has 3 aromatic rings. The average molecular weight is 356 g/mol. The van der Waals surface area contributed by atoms with Crippen molar-refractivity contribution >= 4 is 34.3 Å². The quantitative estimate of drug-likeness (QED) is 0.617. The summed E-state index contributed by atoms with van der Waals surface area (Å²) in [5.41, 5.74) is 5.90. The molecule has 3 rings (SSSR count). The van der Waals surface area contributed by atoms with Crippen LogP contribution in [0.3, 0.4) is 0 Å². The van der Waals surface area contributed by atoms with E-state index in [1.54, 1.807) is 36.4 Å². The number of hydrogen-bond acceptors (Lipinski definition) is 3. The smallest absolute Gasteiger partial charge is 0.275 e. The Morgan fingerprint density at radius 1 is 1.00 bits per heavy atom. The molecule has 0 fully saturated rings. The minimum atomic E-state index is -0.719. The fourth-order valence-corrected chi connectivity index (χ4v) is 2.49. The number of hydrazine groups is 1. The van der Waals surface area contributed by atoms with Crippen molar-refractivity contribution in [2.45, 2.75) is 6.92 Å². The number of H-pyrrole nitrogens is 1. The second kappa shape index (κ2) is 6.78. The number of fused-ring (bicyclic) bond motifs is 1. The van der Waals surface area contributed by atoms with Crippen molar-refractivity contribution in [3.8, 4) is 0 Å². The van der Waals surface area contributed by atoms with Crippen LogP contribution in [-0.4, -0.2) is 16.8 Å². The van der Waals surface area contributed by atoms with E-state index in [-0.39, 0.29) is 5.56 Å². The van der Waals surface area contributed by atoms with E-state index in [4.69, 9.17) is 11.6 Å². The van der Waals surface area contributed by atoms with Crippen molar-refractivity contribution in [3.05, 3.63) is 80.6 Å². The highest BCUT2D eigenvalue weighted by Crippen LogP contribution is 2.15. The van der Waals surface area contributed by atoms with Gasteiger partial charge in [0.25, 0.3) is 11.8 Å². The predicted molar refractivity (Wildman–Crippen MR) is 95.7 cm³/mol. The third kappa shape index (κ3) is 3.54. The van der Waals surface area contributed by atoms with Gasteiger partial charge in [0.15, 0.2) is 0 Å². The summed E-state index contributed by atoms with van der Waals surface area (Å²) in [6.45, 7) is 1.90. The molecule has 126 valence electrons. The number of carbonyl (C=O) groups is 2. The first-order chi connectivity index (χ1) is 12.0. The normalized spacial score (nSPS) is 10.5. The van der Waals surface area contributed by atoms with E-state index in [0.717, 1.165) is 5.56 Å². The third-order valence-corrected chi connectivity index (χ3v) is 3.93. The van der Waals surface area contributed by atoms with E-state index in [1.807, 2.05) is 6.92 Å². The van der Waals surface area contributed by atoms with Gasteiger partial charge in [-0.05, 0) is 37.3 Å². The molecule has 2 aromatic carbocycles. The molecule has 0 bridgehead atoms. The Bertz CT molecular complexity index is 1030. The number of carbonyl (C=O) groups excluding carboxylic acids is 2. The van der Waals surface area contributed by atoms with Crippen LogP contribution in [0.15, 0.2) is 53.5 Å². The molecule has 0 aliphatic heterocycles. The Morgan fingerprint density at radius 3 is 2.40 bits per heavy atom. The number of amides is 2. The molecule has 6 nitrogen and oxygen atoms in total. The van der Waals surface area contributed by atoms with Crippen LogP contribution in [0.25, 0.3) is 10.9 Å². The number of nitrogens with one attached hydrogen (secondary N) is 3. The van der Waals surface area contributed by atoms with Crippen LogP contribution in [0.5, 0.6) is 0 Å². The van der Waals surface area contributed by atoms with E-state index in [1.165, 1.54) is 12.3 Å². The van der Waals surface area contributed by atoms with Gasteiger partial charge in [0.2, 0.25) is 5.43 Å². The van der Waals surface area contributed by atoms with Crippen LogP contribution >= 0.6 is 11.6 Å². The van der Waals surface area contributed by atoms with Gasteiger partial charge in [-0.1, -0.05) is 29.3 Å². The standard InChI is InChI=1S/C18H14ClN3O3/c1-10-2-4-11(5-3-10)17(24)21-22-18(25)14-9-20-15-7-6-12(19)8-13(15)16(14)23/h2-9H,1H3,(H,20,23)(H,21,24)(H,22,25). The highest BCUT2D eigenvalue weighted by molar-refractivity contribution is 6.31. The summed E-state index contributed by atoms with van der Waals surface area (Å²) in [7, 11) is 0. The van der Waals surface area contributed by atoms with Crippen LogP contribution in [-0.2, 0) is 0 Å². The fourth-order valence-electron chi connectivity index (χ4n) is 2.32. The summed E-state index contributed by atoms with van der Waals surface area (Å²) in [5, 5.41) is 0.688. The van der Waals surface area contributed by atoms with E-state index >= 15 is 0 Å². The van der Waals surface area contributed by atoms with Crippen LogP contribution in [0.2, 0.25) is 5.02 Å². The average Bonchev–Trinajstić information content (AvgIpc) is 2.61. The lowest BCUT2D eigenvalue weighted by molar-refractivity contribution is 0.0846. The fraction of sp³-hybridized carbons (Fsp3) is 0.0556. The summed E-state index contributed by atoms with van der Waals surface area (Å²) in [6.07, 6.45) is 1.30. The van der Waals surface area contributed by atoms with Crippen molar-refractivity contribution in [1.82, 2.24) is 15.8 Å². The molecule has 25 heavy (non-hydrogen) atoms. The van der Waals surface area contributed by atoms with Crippen molar-refractivity contribution in [2.75, 3.05) is 0 Å². The monoisotopic (exact) mass is 355 g/mol. The SMILES string of the molecule is Cc1ccc(C(=O)NNC(=O)c2c[nH]c3ccc(Cl)cc3c2=O)cc1. The molecule has 0 unspecified atom stereocenters. The molecule has 0 radical (unpaired) electrons. The zero-order chi connectivity index (χ0) is 18.0. The first-order valence-corrected chi connectivity index (χ1v) is 7.82. The number of pyridine rings is 1. The number of aryl methyl sites for hydroxylation is 1. The number of halogens is 1. The maximum atomic E-state index is 12.4. The number of benzene rings is 2. The highest BCUT2D eigenvalue weighted by atomic mass is 35.5. The number of aromatic nitrogens is 1. The van der Waals surface area contributed by atoms with Gasteiger partial charge in [-0.15, -0.1) is 0 Å². The van der Waals surface area contributed by atoms with Crippen LogP contribution in [0, 0.1) is 6.92 Å². The molecular weight excluding hydrogens is 342 g/mol. The lowest BCUT2D eigenvalue weighted by Gasteiger charge is -2.08. The molecule has 7 heteroatoms. The zero-order valence-electron chi connectivity index (χ0n) is 13.2. The van der Waals surface area contributed by atoms with Gasteiger partial charge < -0.3 is 4.98 Å². The molecule has 0 saturated heterocycles. The Balaban J connectivity index is 1.78. The number of hydrogen-bond donors (Lipinski definition) is 3. The molecule has 0 aliphatic rings. The van der Waals surface area contributed by atoms with Gasteiger partial charge in [0.1, 0.15) is 5.56 Å². The minimum Gasteiger partial charge on any atom is -0.360 e. The lowest BCUT2D eigenvalue weighted by Crippen LogP contribution is -2.43. The Morgan fingerprint density at radius 2 is 1.68 bits per heavy atom. The van der Waals surface area contributed by atoms with E-state index in [2.05, 4.69) is 15.8 Å². The maximum Gasteiger partial charge on any atom is 0.275 e. The van der Waals surface area contributed by atoms with Gasteiger partial charge in [-0.2, -0.15) is 0 Å². The summed E-state index contributed by atoms with van der Waals surface area (Å²) in [4.78, 5) is 39.5. The van der Waals surface area contributed by atoms with Crippen LogP contribution < -0.4 is 16.3 Å². The predicted octanol–water partition coefficient (Wildman–Crippen LogP) is 2.56. The van der Waals surface area contributed by atoms with Crippen LogP contribution in [0.1, 0.15) is 26.3 Å². The summed E-state index contributed by atoms with van der Waals surface area (Å²) in [5.74, 6) is -1.20. The van der Waals surface area contributed by atoms with Crippen molar-refractivity contribution < 1.29 is 9.59 Å². The largest absolute Gasteiger partial charge is 0.360 e. The molecule has 0 aliphatic carbocycles. The van der Waals surface area contributed by atoms with Crippen molar-refractivity contribution in [2.24, 2.45) is 0 Å². The Hall–Kier alpha value is -3.12. The van der Waals surface area contributed by atoms with Crippen LogP contribution in [0.4, 0.5) is 0 Å². The molecule has 0 atom stereocenters. The molecule has 1 heterocycles. The summed E-state index contributed by atoms with van der Waals surface area (Å²) >= 11 is 5.89. The second-order valence-electron chi connectivity index (χ2n) is 5.50. The zero-order valence-corrected chi connectivity index (χ0v) is 14.0. The summed E-state index contributed by atoms with van der Waals surface area (Å²) < 4.78 is 0. The third-order valence-electron chi connectivity index (χ3n) is 3.69. The van der Waals surface area contributed by atoms with Gasteiger partial charge in [0, 0.05) is 27.7 Å². The molecular formula is C18H14ClN3O3. The second-order valence-corrected chi connectivity index (χ2v) is 5.93. The van der Waals surface area contributed by atoms with Gasteiger partial charge in [0.05, 0.1) is 0 Å². The topological polar surface area (TPSA) is 91.1 Å². The number of aromatic amines is 1. The number of rotatable bonds is 2. The molecule has 0 saturated carbocycles. The van der Waals surface area contributed by atoms with Gasteiger partial charge in [-0.3, -0.25) is 25.2 Å². The molecule has 2 amide bonds. The molecule has 3 N–H and O–H groups in total.